The number of ether oxygens (including phenoxy) is 1. The normalized spacial score (nSPS) is 12.9. The maximum atomic E-state index is 7.01. The number of pyridine rings is 1. The molecule has 0 bridgehead atoms. The molecule has 0 saturated carbocycles. The minimum atomic E-state index is -0.363. The van der Waals surface area contributed by atoms with Crippen molar-refractivity contribution in [2.24, 2.45) is 0 Å². The Hall–Kier alpha value is -6.72. The van der Waals surface area contributed by atoms with Crippen LogP contribution in [0, 0.1) is 6.33 Å². The van der Waals surface area contributed by atoms with Crippen molar-refractivity contribution in [2.75, 3.05) is 0 Å². The van der Waals surface area contributed by atoms with Gasteiger partial charge in [0.15, 0.2) is 0 Å². The molecule has 0 spiro atoms. The molecule has 6 aromatic carbocycles. The molecule has 0 saturated heterocycles. The van der Waals surface area contributed by atoms with Crippen LogP contribution in [-0.4, -0.2) is 14.1 Å². The van der Waals surface area contributed by atoms with E-state index in [0.29, 0.717) is 0 Å². The van der Waals surface area contributed by atoms with Crippen molar-refractivity contribution in [1.29, 1.82) is 0 Å². The molecular formula is C62H66N4O. The van der Waals surface area contributed by atoms with Gasteiger partial charge in [-0.3, -0.25) is 13.7 Å². The highest BCUT2D eigenvalue weighted by molar-refractivity contribution is 6.09. The Labute approximate surface area is 398 Å². The minimum absolute atomic E-state index is 0.00362. The number of nitrogens with zero attached hydrogens (tertiary/aromatic N) is 4. The third kappa shape index (κ3) is 8.73. The van der Waals surface area contributed by atoms with Crippen LogP contribution in [0.25, 0.3) is 39.0 Å². The number of benzene rings is 6. The molecule has 67 heavy (non-hydrogen) atoms. The van der Waals surface area contributed by atoms with Crippen molar-refractivity contribution in [3.8, 4) is 28.7 Å². The lowest BCUT2D eigenvalue weighted by Gasteiger charge is -2.29. The first-order valence-corrected chi connectivity index (χ1v) is 23.8. The fourth-order valence-corrected chi connectivity index (χ4v) is 9.33. The van der Waals surface area contributed by atoms with Crippen molar-refractivity contribution >= 4 is 21.8 Å². The number of imidazole rings is 1. The fraction of sp³-hybridized carbons (Fsp3) is 0.290. The highest BCUT2D eigenvalue weighted by Gasteiger charge is 2.31. The van der Waals surface area contributed by atoms with E-state index >= 15 is 0 Å². The molecule has 0 radical (unpaired) electrons. The molecule has 0 fully saturated rings. The molecule has 9 aromatic rings. The van der Waals surface area contributed by atoms with Gasteiger partial charge in [0.05, 0.1) is 28.1 Å². The van der Waals surface area contributed by atoms with Gasteiger partial charge in [-0.2, -0.15) is 0 Å². The Morgan fingerprint density at radius 2 is 1.09 bits per heavy atom. The lowest BCUT2D eigenvalue weighted by atomic mass is 9.78. The second-order valence-corrected chi connectivity index (χ2v) is 22.6. The summed E-state index contributed by atoms with van der Waals surface area (Å²) >= 11 is 0. The summed E-state index contributed by atoms with van der Waals surface area (Å²) < 4.78 is 13.7. The molecule has 5 heteroatoms. The van der Waals surface area contributed by atoms with Crippen LogP contribution in [0.5, 0.6) is 11.5 Å². The van der Waals surface area contributed by atoms with E-state index in [1.807, 2.05) is 6.20 Å². The average molecular weight is 883 g/mol. The molecule has 0 aliphatic rings. The Morgan fingerprint density at radius 1 is 0.463 bits per heavy atom. The Morgan fingerprint density at radius 3 is 1.75 bits per heavy atom. The number of rotatable bonds is 9. The third-order valence-corrected chi connectivity index (χ3v) is 13.9. The average Bonchev–Trinajstić information content (AvgIpc) is 3.89. The van der Waals surface area contributed by atoms with E-state index in [1.165, 1.54) is 33.2 Å². The van der Waals surface area contributed by atoms with Gasteiger partial charge < -0.3 is 4.74 Å². The summed E-state index contributed by atoms with van der Waals surface area (Å²) in [4.78, 5) is 4.98. The summed E-state index contributed by atoms with van der Waals surface area (Å²) in [7, 11) is 0. The zero-order valence-corrected chi connectivity index (χ0v) is 41.8. The number of hydrogen-bond donors (Lipinski definition) is 0. The summed E-state index contributed by atoms with van der Waals surface area (Å²) in [5, 5.41) is 2.37. The fourth-order valence-electron chi connectivity index (χ4n) is 9.33. The number of hydrogen-bond acceptors (Lipinski definition) is 2. The summed E-state index contributed by atoms with van der Waals surface area (Å²) in [6.45, 7) is 29.6. The van der Waals surface area contributed by atoms with E-state index in [1.54, 1.807) is 0 Å². The highest BCUT2D eigenvalue weighted by Crippen LogP contribution is 2.40. The van der Waals surface area contributed by atoms with E-state index in [0.717, 1.165) is 56.4 Å². The molecular weight excluding hydrogens is 817 g/mol. The van der Waals surface area contributed by atoms with Crippen LogP contribution in [-0.2, 0) is 27.1 Å². The van der Waals surface area contributed by atoms with Gasteiger partial charge in [-0.05, 0) is 116 Å². The minimum Gasteiger partial charge on any atom is -0.458 e. The van der Waals surface area contributed by atoms with Gasteiger partial charge in [0.25, 0.3) is 6.33 Å². The summed E-state index contributed by atoms with van der Waals surface area (Å²) in [5.41, 5.74) is 12.0. The third-order valence-electron chi connectivity index (χ3n) is 13.9. The summed E-state index contributed by atoms with van der Waals surface area (Å²) in [5.74, 6) is 2.41. The Balaban J connectivity index is 1.19. The van der Waals surface area contributed by atoms with Crippen molar-refractivity contribution in [2.45, 2.75) is 117 Å². The standard InChI is InChI=1S/C62H66N4O/c1-58(2,3)44-27-30-54-53(36-44)52-29-28-50(39-55(52)66(54)57-37-45(31-32-63-57)59(4,5)6)67-51-35-47(60(7,8)9)34-49(38-51)64-40-56(62(12,13)43-23-18-15-19-24-43)65(41-64)48-26-20-25-46(33-48)61(10,11)42-21-16-14-17-22-42/h14-40H,1-13H3. The first-order valence-electron chi connectivity index (χ1n) is 23.8. The van der Waals surface area contributed by atoms with Crippen LogP contribution in [0.1, 0.15) is 129 Å². The molecule has 3 aromatic heterocycles. The molecule has 0 amide bonds. The van der Waals surface area contributed by atoms with Gasteiger partial charge in [0, 0.05) is 40.1 Å². The molecule has 340 valence electrons. The van der Waals surface area contributed by atoms with Crippen molar-refractivity contribution in [3.63, 3.8) is 0 Å². The zero-order valence-electron chi connectivity index (χ0n) is 41.8. The van der Waals surface area contributed by atoms with E-state index < -0.39 is 0 Å². The predicted molar refractivity (Wildman–Crippen MR) is 278 cm³/mol. The molecule has 0 N–H and O–H groups in total. The molecule has 3 heterocycles. The second-order valence-electron chi connectivity index (χ2n) is 22.6. The monoisotopic (exact) mass is 883 g/mol. The highest BCUT2D eigenvalue weighted by atomic mass is 16.5. The molecule has 5 nitrogen and oxygen atoms in total. The van der Waals surface area contributed by atoms with Crippen LogP contribution >= 0.6 is 0 Å². The summed E-state index contributed by atoms with van der Waals surface area (Å²) in [6, 6.07) is 54.9. The quantitative estimate of drug-likeness (QED) is 0.107. The number of aromatic nitrogens is 4. The smallest absolute Gasteiger partial charge is 0.269 e. The van der Waals surface area contributed by atoms with Gasteiger partial charge in [-0.15, -0.1) is 0 Å². The largest absolute Gasteiger partial charge is 0.458 e. The van der Waals surface area contributed by atoms with Crippen LogP contribution < -0.4 is 9.30 Å². The molecule has 0 atom stereocenters. The Bertz CT molecular complexity index is 3250. The lowest BCUT2D eigenvalue weighted by molar-refractivity contribution is -0.611. The molecule has 0 aliphatic heterocycles. The maximum absolute atomic E-state index is 7.01. The van der Waals surface area contributed by atoms with Gasteiger partial charge in [-0.1, -0.05) is 169 Å². The second kappa shape index (κ2) is 16.6. The topological polar surface area (TPSA) is 35.9 Å². The zero-order chi connectivity index (χ0) is 47.7. The first kappa shape index (κ1) is 45.4. The van der Waals surface area contributed by atoms with Crippen molar-refractivity contribution in [1.82, 2.24) is 14.1 Å². The van der Waals surface area contributed by atoms with Crippen LogP contribution in [0.15, 0.2) is 164 Å². The number of fused-ring (bicyclic) bond motifs is 3. The Kier molecular flexibility index (Phi) is 11.2. The SMILES string of the molecule is CC(C)(C)c1cc(Oc2ccc3c4cc(C(C)(C)C)ccc4n(-c4cc(C(C)(C)C)ccn4)c3c2)cc(-n2[c-][n+](-c3cccc(C(C)(C)c4ccccc4)c3)c(C(C)(C)c3ccccc3)c2)c1. The predicted octanol–water partition coefficient (Wildman–Crippen LogP) is 15.4. The van der Waals surface area contributed by atoms with Crippen molar-refractivity contribution in [3.05, 3.63) is 209 Å². The lowest BCUT2D eigenvalue weighted by Crippen LogP contribution is -2.40. The maximum Gasteiger partial charge on any atom is 0.269 e. The molecule has 0 unspecified atom stereocenters. The van der Waals surface area contributed by atoms with E-state index in [-0.39, 0.29) is 27.1 Å². The van der Waals surface area contributed by atoms with Crippen molar-refractivity contribution < 1.29 is 9.30 Å². The first-order chi connectivity index (χ1) is 31.6. The van der Waals surface area contributed by atoms with E-state index in [4.69, 9.17) is 9.72 Å². The molecule has 0 aliphatic carbocycles. The van der Waals surface area contributed by atoms with Gasteiger partial charge in [0.2, 0.25) is 0 Å². The van der Waals surface area contributed by atoms with E-state index in [2.05, 4.69) is 268 Å². The van der Waals surface area contributed by atoms with Gasteiger partial charge in [-0.25, -0.2) is 4.98 Å². The van der Waals surface area contributed by atoms with Crippen LogP contribution in [0.2, 0.25) is 0 Å². The summed E-state index contributed by atoms with van der Waals surface area (Å²) in [6.07, 6.45) is 8.03. The molecule has 9 rings (SSSR count). The van der Waals surface area contributed by atoms with E-state index in [9.17, 15) is 0 Å². The van der Waals surface area contributed by atoms with Crippen LogP contribution in [0.4, 0.5) is 0 Å². The van der Waals surface area contributed by atoms with Gasteiger partial charge in [0.1, 0.15) is 17.3 Å². The van der Waals surface area contributed by atoms with Crippen LogP contribution in [0.3, 0.4) is 0 Å². The van der Waals surface area contributed by atoms with Gasteiger partial charge >= 0.3 is 0 Å².